The van der Waals surface area contributed by atoms with E-state index in [1.807, 2.05) is 18.2 Å². The Kier molecular flexibility index (Phi) is 9.57. The molecular weight excluding hydrogens is 462 g/mol. The van der Waals surface area contributed by atoms with Crippen LogP contribution in [0.3, 0.4) is 0 Å². The van der Waals surface area contributed by atoms with E-state index in [1.165, 1.54) is 13.2 Å². The maximum Gasteiger partial charge on any atom is 0.261 e. The second-order valence-electron chi connectivity index (χ2n) is 6.35. The number of benzene rings is 2. The Morgan fingerprint density at radius 2 is 1.97 bits per heavy atom. The van der Waals surface area contributed by atoms with Crippen LogP contribution in [-0.4, -0.2) is 33.3 Å². The highest BCUT2D eigenvalue weighted by atomic mass is 79.9. The van der Waals surface area contributed by atoms with Gasteiger partial charge in [0, 0.05) is 30.3 Å². The van der Waals surface area contributed by atoms with Crippen molar-refractivity contribution in [3.8, 4) is 23.6 Å². The number of halogens is 1. The molecule has 31 heavy (non-hydrogen) atoms. The minimum Gasteiger partial charge on any atom is -0.493 e. The van der Waals surface area contributed by atoms with Crippen LogP contribution in [0.25, 0.3) is 6.08 Å². The molecule has 1 N–H and O–H groups in total. The molecule has 2 rings (SSSR count). The minimum atomic E-state index is -0.460. The van der Waals surface area contributed by atoms with Crippen LogP contribution in [0.4, 0.5) is 0 Å². The summed E-state index contributed by atoms with van der Waals surface area (Å²) in [5.41, 5.74) is 1.85. The number of carbonyl (C=O) groups excluding carboxylic acids is 1. The molecule has 0 fully saturated rings. The number of carbonyl (C=O) groups is 1. The Hall–Kier alpha value is -3.33. The maximum absolute atomic E-state index is 12.3. The topological polar surface area (TPSA) is 104 Å². The lowest BCUT2D eigenvalue weighted by Crippen LogP contribution is -2.26. The molecule has 0 saturated carbocycles. The minimum absolute atomic E-state index is 0.0308. The van der Waals surface area contributed by atoms with Crippen LogP contribution in [0.2, 0.25) is 0 Å². The fourth-order valence-electron chi connectivity index (χ4n) is 2.66. The Morgan fingerprint density at radius 1 is 1.19 bits per heavy atom. The first-order chi connectivity index (χ1) is 15.0. The van der Waals surface area contributed by atoms with Crippen LogP contribution in [0.15, 0.2) is 46.4 Å². The number of nitrogens with one attached hydrogen (secondary N) is 1. The summed E-state index contributed by atoms with van der Waals surface area (Å²) in [7, 11) is 3.09. The van der Waals surface area contributed by atoms with Gasteiger partial charge in [-0.25, -0.2) is 0 Å². The van der Waals surface area contributed by atoms with Gasteiger partial charge in [-0.2, -0.15) is 10.5 Å². The number of hydrogen-bond acceptors (Lipinski definition) is 6. The fraction of sp³-hybridized carbons (Fsp3) is 0.261. The zero-order chi connectivity index (χ0) is 22.6. The van der Waals surface area contributed by atoms with Gasteiger partial charge in [-0.05, 0) is 36.3 Å². The van der Waals surface area contributed by atoms with Gasteiger partial charge in [-0.1, -0.05) is 34.1 Å². The zero-order valence-corrected chi connectivity index (χ0v) is 18.9. The first-order valence-electron chi connectivity index (χ1n) is 9.41. The monoisotopic (exact) mass is 483 g/mol. The van der Waals surface area contributed by atoms with Crippen molar-refractivity contribution in [2.24, 2.45) is 0 Å². The lowest BCUT2D eigenvalue weighted by Gasteiger charge is -2.13. The molecule has 0 aliphatic rings. The van der Waals surface area contributed by atoms with E-state index < -0.39 is 5.91 Å². The van der Waals surface area contributed by atoms with Crippen molar-refractivity contribution in [1.82, 2.24) is 5.32 Å². The fourth-order valence-corrected chi connectivity index (χ4v) is 3.10. The summed E-state index contributed by atoms with van der Waals surface area (Å²) >= 11 is 3.45. The first kappa shape index (κ1) is 23.9. The number of nitrogens with zero attached hydrogens (tertiary/aromatic N) is 2. The van der Waals surface area contributed by atoms with Crippen molar-refractivity contribution in [1.29, 1.82) is 10.5 Å². The third kappa shape index (κ3) is 6.85. The van der Waals surface area contributed by atoms with Gasteiger partial charge in [0.1, 0.15) is 18.2 Å². The first-order valence-corrected chi connectivity index (χ1v) is 10.2. The zero-order valence-electron chi connectivity index (χ0n) is 17.3. The van der Waals surface area contributed by atoms with Crippen molar-refractivity contribution in [3.05, 3.63) is 63.1 Å². The molecule has 160 valence electrons. The Labute approximate surface area is 190 Å². The highest BCUT2D eigenvalue weighted by Crippen LogP contribution is 2.35. The quantitative estimate of drug-likeness (QED) is 0.311. The van der Waals surface area contributed by atoms with Crippen molar-refractivity contribution in [3.63, 3.8) is 0 Å². The summed E-state index contributed by atoms with van der Waals surface area (Å²) in [5.74, 6) is 0.432. The standard InChI is InChI=1S/C23H22BrN3O4/c1-29-9-5-8-27-23(28)19(14-26)10-18-11-21(30-2)22(12-20(18)24)31-15-17-7-4-3-6-16(17)13-25/h3-4,6-7,10-12H,5,8-9,15H2,1-2H3,(H,27,28)/b19-10+. The van der Waals surface area contributed by atoms with E-state index in [2.05, 4.69) is 27.3 Å². The van der Waals surface area contributed by atoms with E-state index in [-0.39, 0.29) is 12.2 Å². The van der Waals surface area contributed by atoms with Gasteiger partial charge in [-0.3, -0.25) is 4.79 Å². The molecule has 2 aromatic carbocycles. The van der Waals surface area contributed by atoms with E-state index in [9.17, 15) is 15.3 Å². The van der Waals surface area contributed by atoms with Gasteiger partial charge >= 0.3 is 0 Å². The summed E-state index contributed by atoms with van der Waals surface area (Å²) in [6.45, 7) is 1.12. The van der Waals surface area contributed by atoms with Crippen molar-refractivity contribution >= 4 is 27.9 Å². The van der Waals surface area contributed by atoms with Crippen LogP contribution in [0, 0.1) is 22.7 Å². The molecule has 0 unspecified atom stereocenters. The molecule has 0 heterocycles. The molecule has 0 atom stereocenters. The van der Waals surface area contributed by atoms with Gasteiger partial charge in [0.15, 0.2) is 11.5 Å². The van der Waals surface area contributed by atoms with Gasteiger partial charge in [-0.15, -0.1) is 0 Å². The molecule has 8 heteroatoms. The van der Waals surface area contributed by atoms with Crippen LogP contribution in [-0.2, 0) is 16.1 Å². The maximum atomic E-state index is 12.3. The van der Waals surface area contributed by atoms with Crippen molar-refractivity contribution < 1.29 is 19.0 Å². The number of amides is 1. The molecular formula is C23H22BrN3O4. The number of ether oxygens (including phenoxy) is 3. The average molecular weight is 484 g/mol. The molecule has 0 saturated heterocycles. The summed E-state index contributed by atoms with van der Waals surface area (Å²) in [6, 6.07) is 14.6. The van der Waals surface area contributed by atoms with Gasteiger partial charge < -0.3 is 19.5 Å². The second kappa shape index (κ2) is 12.4. The molecule has 0 aliphatic heterocycles. The highest BCUT2D eigenvalue weighted by molar-refractivity contribution is 9.10. The summed E-state index contributed by atoms with van der Waals surface area (Å²) in [6.07, 6.45) is 2.13. The molecule has 7 nitrogen and oxygen atoms in total. The Morgan fingerprint density at radius 3 is 2.65 bits per heavy atom. The molecule has 0 radical (unpaired) electrons. The lowest BCUT2D eigenvalue weighted by molar-refractivity contribution is -0.117. The van der Waals surface area contributed by atoms with Crippen LogP contribution in [0.5, 0.6) is 11.5 Å². The normalized spacial score (nSPS) is 10.7. The van der Waals surface area contributed by atoms with E-state index in [1.54, 1.807) is 31.4 Å². The number of hydrogen-bond donors (Lipinski definition) is 1. The van der Waals surface area contributed by atoms with Gasteiger partial charge in [0.25, 0.3) is 5.91 Å². The SMILES string of the molecule is COCCCNC(=O)/C(C#N)=C/c1cc(OC)c(OCc2ccccc2C#N)cc1Br. The number of methoxy groups -OCH3 is 2. The molecule has 2 aromatic rings. The molecule has 1 amide bonds. The molecule has 0 spiro atoms. The second-order valence-corrected chi connectivity index (χ2v) is 7.21. The van der Waals surface area contributed by atoms with Crippen molar-refractivity contribution in [2.75, 3.05) is 27.4 Å². The van der Waals surface area contributed by atoms with E-state index >= 15 is 0 Å². The molecule has 0 aliphatic carbocycles. The number of nitriles is 2. The largest absolute Gasteiger partial charge is 0.493 e. The van der Waals surface area contributed by atoms with Crippen LogP contribution in [0.1, 0.15) is 23.1 Å². The molecule has 0 bridgehead atoms. The smallest absolute Gasteiger partial charge is 0.261 e. The van der Waals surface area contributed by atoms with Crippen molar-refractivity contribution in [2.45, 2.75) is 13.0 Å². The van der Waals surface area contributed by atoms with Crippen LogP contribution < -0.4 is 14.8 Å². The summed E-state index contributed by atoms with van der Waals surface area (Å²) in [5, 5.41) is 21.3. The van der Waals surface area contributed by atoms with Gasteiger partial charge in [0.05, 0.1) is 18.7 Å². The summed E-state index contributed by atoms with van der Waals surface area (Å²) in [4.78, 5) is 12.3. The van der Waals surface area contributed by atoms with Gasteiger partial charge in [0.2, 0.25) is 0 Å². The number of rotatable bonds is 10. The predicted octanol–water partition coefficient (Wildman–Crippen LogP) is 3.97. The average Bonchev–Trinajstić information content (AvgIpc) is 2.79. The van der Waals surface area contributed by atoms with E-state index in [0.717, 1.165) is 5.56 Å². The summed E-state index contributed by atoms with van der Waals surface area (Å²) < 4.78 is 16.8. The van der Waals surface area contributed by atoms with E-state index in [0.29, 0.717) is 46.7 Å². The molecule has 0 aromatic heterocycles. The third-order valence-electron chi connectivity index (χ3n) is 4.28. The van der Waals surface area contributed by atoms with E-state index in [4.69, 9.17) is 14.2 Å². The van der Waals surface area contributed by atoms with Crippen LogP contribution >= 0.6 is 15.9 Å². The lowest BCUT2D eigenvalue weighted by atomic mass is 10.1. The Balaban J connectivity index is 2.21. The highest BCUT2D eigenvalue weighted by Gasteiger charge is 2.14. The predicted molar refractivity (Wildman–Crippen MR) is 119 cm³/mol. The third-order valence-corrected chi connectivity index (χ3v) is 4.97. The Bertz CT molecular complexity index is 1040.